The number of piperidine rings is 1. The van der Waals surface area contributed by atoms with Gasteiger partial charge >= 0.3 is 0 Å². The number of hydrogen-bond donors (Lipinski definition) is 1. The number of hydrogen-bond acceptors (Lipinski definition) is 4. The number of rotatable bonds is 9. The van der Waals surface area contributed by atoms with E-state index in [4.69, 9.17) is 9.47 Å². The summed E-state index contributed by atoms with van der Waals surface area (Å²) in [6.07, 6.45) is 4.20. The summed E-state index contributed by atoms with van der Waals surface area (Å²) < 4.78 is 11.3. The summed E-state index contributed by atoms with van der Waals surface area (Å²) in [4.78, 5) is 14.9. The van der Waals surface area contributed by atoms with Crippen molar-refractivity contribution >= 4 is 11.6 Å². The van der Waals surface area contributed by atoms with Crippen LogP contribution in [0, 0.1) is 5.92 Å². The topological polar surface area (TPSA) is 50.8 Å². The van der Waals surface area contributed by atoms with Crippen LogP contribution in [-0.4, -0.2) is 49.8 Å². The van der Waals surface area contributed by atoms with E-state index in [1.807, 2.05) is 38.1 Å². The molecule has 0 radical (unpaired) electrons. The van der Waals surface area contributed by atoms with E-state index in [0.717, 1.165) is 30.3 Å². The van der Waals surface area contributed by atoms with Gasteiger partial charge in [-0.3, -0.25) is 9.69 Å². The van der Waals surface area contributed by atoms with E-state index in [9.17, 15) is 4.79 Å². The van der Waals surface area contributed by atoms with Crippen molar-refractivity contribution in [2.24, 2.45) is 5.92 Å². The largest absolute Gasteiger partial charge is 0.492 e. The van der Waals surface area contributed by atoms with Gasteiger partial charge in [0.25, 0.3) is 5.91 Å². The van der Waals surface area contributed by atoms with Crippen molar-refractivity contribution in [3.05, 3.63) is 24.3 Å². The highest BCUT2D eigenvalue weighted by Gasteiger charge is 2.32. The Morgan fingerprint density at radius 2 is 2.08 bits per heavy atom. The van der Waals surface area contributed by atoms with Crippen LogP contribution in [0.15, 0.2) is 24.3 Å². The van der Waals surface area contributed by atoms with Crippen molar-refractivity contribution in [3.63, 3.8) is 0 Å². The van der Waals surface area contributed by atoms with Gasteiger partial charge in [0.2, 0.25) is 0 Å². The molecule has 146 valence electrons. The second kappa shape index (κ2) is 9.93. The molecule has 2 atom stereocenters. The standard InChI is InChI=1S/C21H34N2O3/c1-5-12-21(3,25-4)20(24)22-18-8-10-19(11-9-18)26-15-14-23-13-6-7-17(2)16-23/h8-11,17H,5-7,12-16H2,1-4H3,(H,22,24)/t17-,21+/m0/s1. The molecule has 1 N–H and O–H groups in total. The van der Waals surface area contributed by atoms with Gasteiger partial charge in [-0.1, -0.05) is 20.3 Å². The van der Waals surface area contributed by atoms with Crippen LogP contribution in [0.25, 0.3) is 0 Å². The maximum absolute atomic E-state index is 12.4. The number of carbonyl (C=O) groups excluding carboxylic acids is 1. The van der Waals surface area contributed by atoms with E-state index in [2.05, 4.69) is 17.1 Å². The Kier molecular flexibility index (Phi) is 7.91. The summed E-state index contributed by atoms with van der Waals surface area (Å²) in [5.74, 6) is 1.50. The highest BCUT2D eigenvalue weighted by atomic mass is 16.5. The Labute approximate surface area is 158 Å². The third-order valence-electron chi connectivity index (χ3n) is 5.19. The van der Waals surface area contributed by atoms with Crippen molar-refractivity contribution in [1.29, 1.82) is 0 Å². The third-order valence-corrected chi connectivity index (χ3v) is 5.19. The number of nitrogens with zero attached hydrogens (tertiary/aromatic N) is 1. The molecule has 0 saturated carbocycles. The average Bonchev–Trinajstić information content (AvgIpc) is 2.63. The molecule has 5 nitrogen and oxygen atoms in total. The summed E-state index contributed by atoms with van der Waals surface area (Å²) >= 11 is 0. The molecule has 0 aliphatic carbocycles. The molecular formula is C21H34N2O3. The van der Waals surface area contributed by atoms with Gasteiger partial charge in [0, 0.05) is 25.9 Å². The molecule has 1 aromatic rings. The summed E-state index contributed by atoms with van der Waals surface area (Å²) in [7, 11) is 1.58. The minimum Gasteiger partial charge on any atom is -0.492 e. The molecule has 1 aliphatic rings. The molecule has 0 aromatic heterocycles. The van der Waals surface area contributed by atoms with Gasteiger partial charge in [0.1, 0.15) is 18.0 Å². The van der Waals surface area contributed by atoms with Crippen LogP contribution in [0.4, 0.5) is 5.69 Å². The predicted octanol–water partition coefficient (Wildman–Crippen LogP) is 3.94. The van der Waals surface area contributed by atoms with E-state index in [1.165, 1.54) is 25.9 Å². The van der Waals surface area contributed by atoms with Crippen LogP contribution in [0.2, 0.25) is 0 Å². The van der Waals surface area contributed by atoms with Gasteiger partial charge in [0.15, 0.2) is 0 Å². The Morgan fingerprint density at radius 3 is 2.69 bits per heavy atom. The fourth-order valence-corrected chi connectivity index (χ4v) is 3.47. The zero-order valence-electron chi connectivity index (χ0n) is 16.7. The van der Waals surface area contributed by atoms with Crippen LogP contribution < -0.4 is 10.1 Å². The second-order valence-corrected chi connectivity index (χ2v) is 7.56. The molecular weight excluding hydrogens is 328 g/mol. The quantitative estimate of drug-likeness (QED) is 0.723. The minimum absolute atomic E-state index is 0.116. The maximum atomic E-state index is 12.4. The van der Waals surface area contributed by atoms with Crippen molar-refractivity contribution in [2.75, 3.05) is 38.7 Å². The Bertz CT molecular complexity index is 561. The van der Waals surface area contributed by atoms with E-state index in [0.29, 0.717) is 13.0 Å². The number of carbonyl (C=O) groups is 1. The second-order valence-electron chi connectivity index (χ2n) is 7.56. The first kappa shape index (κ1) is 20.7. The molecule has 1 saturated heterocycles. The maximum Gasteiger partial charge on any atom is 0.256 e. The van der Waals surface area contributed by atoms with Gasteiger partial charge in [0.05, 0.1) is 0 Å². The predicted molar refractivity (Wildman–Crippen MR) is 106 cm³/mol. The smallest absolute Gasteiger partial charge is 0.256 e. The van der Waals surface area contributed by atoms with Crippen molar-refractivity contribution in [3.8, 4) is 5.75 Å². The average molecular weight is 363 g/mol. The first-order valence-electron chi connectivity index (χ1n) is 9.78. The number of nitrogens with one attached hydrogen (secondary N) is 1. The lowest BCUT2D eigenvalue weighted by Gasteiger charge is -2.30. The summed E-state index contributed by atoms with van der Waals surface area (Å²) in [5, 5.41) is 2.93. The van der Waals surface area contributed by atoms with Crippen molar-refractivity contribution < 1.29 is 14.3 Å². The van der Waals surface area contributed by atoms with Crippen molar-refractivity contribution in [1.82, 2.24) is 4.90 Å². The molecule has 5 heteroatoms. The molecule has 0 spiro atoms. The van der Waals surface area contributed by atoms with Crippen molar-refractivity contribution in [2.45, 2.75) is 52.1 Å². The molecule has 0 bridgehead atoms. The lowest BCUT2D eigenvalue weighted by Crippen LogP contribution is -2.41. The molecule has 1 aromatic carbocycles. The fraction of sp³-hybridized carbons (Fsp3) is 0.667. The molecule has 1 fully saturated rings. The van der Waals surface area contributed by atoms with E-state index in [-0.39, 0.29) is 5.91 Å². The highest BCUT2D eigenvalue weighted by Crippen LogP contribution is 2.21. The highest BCUT2D eigenvalue weighted by molar-refractivity contribution is 5.97. The normalized spacial score (nSPS) is 20.4. The molecule has 1 amide bonds. The first-order valence-corrected chi connectivity index (χ1v) is 9.78. The lowest BCUT2D eigenvalue weighted by molar-refractivity contribution is -0.136. The van der Waals surface area contributed by atoms with Gasteiger partial charge in [-0.15, -0.1) is 0 Å². The summed E-state index contributed by atoms with van der Waals surface area (Å²) in [6.45, 7) is 10.2. The number of amides is 1. The van der Waals surface area contributed by atoms with Crippen LogP contribution in [0.1, 0.15) is 46.5 Å². The lowest BCUT2D eigenvalue weighted by atomic mass is 9.99. The molecule has 0 unspecified atom stereocenters. The Hall–Kier alpha value is -1.59. The van der Waals surface area contributed by atoms with Crippen LogP contribution in [0.3, 0.4) is 0 Å². The Balaban J connectivity index is 1.79. The van der Waals surface area contributed by atoms with Gasteiger partial charge in [-0.05, 0) is 62.9 Å². The van der Waals surface area contributed by atoms with E-state index < -0.39 is 5.60 Å². The number of benzene rings is 1. The van der Waals surface area contributed by atoms with Gasteiger partial charge < -0.3 is 14.8 Å². The monoisotopic (exact) mass is 362 g/mol. The SMILES string of the molecule is CCC[C@@](C)(OC)C(=O)Nc1ccc(OCCN2CCC[C@H](C)C2)cc1. The molecule has 1 aliphatic heterocycles. The molecule has 26 heavy (non-hydrogen) atoms. The molecule has 1 heterocycles. The fourth-order valence-electron chi connectivity index (χ4n) is 3.47. The minimum atomic E-state index is -0.796. The van der Waals surface area contributed by atoms with Crippen LogP contribution in [0.5, 0.6) is 5.75 Å². The van der Waals surface area contributed by atoms with Crippen LogP contribution in [-0.2, 0) is 9.53 Å². The van der Waals surface area contributed by atoms with Gasteiger partial charge in [-0.25, -0.2) is 0 Å². The number of likely N-dealkylation sites (tertiary alicyclic amines) is 1. The first-order chi connectivity index (χ1) is 12.5. The zero-order valence-corrected chi connectivity index (χ0v) is 16.7. The number of anilines is 1. The molecule has 2 rings (SSSR count). The van der Waals surface area contributed by atoms with E-state index >= 15 is 0 Å². The Morgan fingerprint density at radius 1 is 1.35 bits per heavy atom. The summed E-state index contributed by atoms with van der Waals surface area (Å²) in [6, 6.07) is 7.55. The number of ether oxygens (including phenoxy) is 2. The van der Waals surface area contributed by atoms with Crippen LogP contribution >= 0.6 is 0 Å². The van der Waals surface area contributed by atoms with Gasteiger partial charge in [-0.2, -0.15) is 0 Å². The summed E-state index contributed by atoms with van der Waals surface area (Å²) in [5.41, 5.74) is -0.0400. The number of methoxy groups -OCH3 is 1. The zero-order chi connectivity index (χ0) is 19.0. The third kappa shape index (κ3) is 5.99. The van der Waals surface area contributed by atoms with E-state index in [1.54, 1.807) is 7.11 Å².